The van der Waals surface area contributed by atoms with Gasteiger partial charge in [0.05, 0.1) is 11.8 Å². The molecule has 0 aliphatic rings. The maximum Gasteiger partial charge on any atom is 0.166 e. The molecule has 0 bridgehead atoms. The van der Waals surface area contributed by atoms with E-state index in [0.29, 0.717) is 12.0 Å². The van der Waals surface area contributed by atoms with Crippen molar-refractivity contribution in [2.75, 3.05) is 0 Å². The summed E-state index contributed by atoms with van der Waals surface area (Å²) in [7, 11) is 1.79. The van der Waals surface area contributed by atoms with Crippen molar-refractivity contribution < 1.29 is 4.79 Å². The van der Waals surface area contributed by atoms with Crippen molar-refractivity contribution in [3.8, 4) is 0 Å². The first kappa shape index (κ1) is 9.92. The van der Waals surface area contributed by atoms with E-state index < -0.39 is 0 Å². The fourth-order valence-corrected chi connectivity index (χ4v) is 1.07. The van der Waals surface area contributed by atoms with Crippen LogP contribution in [0.5, 0.6) is 0 Å². The molecule has 0 fully saturated rings. The van der Waals surface area contributed by atoms with E-state index in [9.17, 15) is 4.79 Å². The van der Waals surface area contributed by atoms with Gasteiger partial charge in [0, 0.05) is 25.7 Å². The van der Waals surface area contributed by atoms with Crippen LogP contribution in [0.25, 0.3) is 0 Å². The molecule has 0 aromatic carbocycles. The molecule has 0 saturated heterocycles. The van der Waals surface area contributed by atoms with Crippen LogP contribution in [0.2, 0.25) is 0 Å². The van der Waals surface area contributed by atoms with Crippen molar-refractivity contribution in [1.29, 1.82) is 0 Å². The molecule has 0 aliphatic heterocycles. The third-order valence-corrected chi connectivity index (χ3v) is 1.85. The lowest BCUT2D eigenvalue weighted by molar-refractivity contribution is 0.0978. The fraction of sp³-hybridized carbons (Fsp3) is 0.556. The molecule has 1 rings (SSSR count). The first-order valence-electron chi connectivity index (χ1n) is 4.37. The smallest absolute Gasteiger partial charge is 0.166 e. The standard InChI is InChI=1S/C9H15N3O/c1-7(10)3-4-9(13)8-5-11-12(2)6-8/h5-7H,3-4,10H2,1-2H3. The van der Waals surface area contributed by atoms with Crippen LogP contribution in [0.3, 0.4) is 0 Å². The monoisotopic (exact) mass is 181 g/mol. The predicted octanol–water partition coefficient (Wildman–Crippen LogP) is 0.730. The van der Waals surface area contributed by atoms with Gasteiger partial charge in [0.15, 0.2) is 5.78 Å². The van der Waals surface area contributed by atoms with Gasteiger partial charge in [-0.1, -0.05) is 0 Å². The summed E-state index contributed by atoms with van der Waals surface area (Å²) in [5, 5.41) is 3.93. The van der Waals surface area contributed by atoms with Crippen LogP contribution in [0.4, 0.5) is 0 Å². The van der Waals surface area contributed by atoms with E-state index >= 15 is 0 Å². The Labute approximate surface area is 77.7 Å². The molecule has 2 N–H and O–H groups in total. The number of aryl methyl sites for hydroxylation is 1. The summed E-state index contributed by atoms with van der Waals surface area (Å²) >= 11 is 0. The Balaban J connectivity index is 2.49. The van der Waals surface area contributed by atoms with Crippen molar-refractivity contribution >= 4 is 5.78 Å². The average molecular weight is 181 g/mol. The number of hydrogen-bond acceptors (Lipinski definition) is 3. The molecule has 0 amide bonds. The number of ketones is 1. The van der Waals surface area contributed by atoms with Gasteiger partial charge < -0.3 is 5.73 Å². The third kappa shape index (κ3) is 2.99. The van der Waals surface area contributed by atoms with Crippen LogP contribution in [0, 0.1) is 0 Å². The topological polar surface area (TPSA) is 60.9 Å². The van der Waals surface area contributed by atoms with Crippen molar-refractivity contribution in [2.24, 2.45) is 12.8 Å². The van der Waals surface area contributed by atoms with Crippen LogP contribution in [-0.2, 0) is 7.05 Å². The molecule has 13 heavy (non-hydrogen) atoms. The largest absolute Gasteiger partial charge is 0.328 e. The number of nitrogens with two attached hydrogens (primary N) is 1. The lowest BCUT2D eigenvalue weighted by Crippen LogP contribution is -2.16. The zero-order valence-corrected chi connectivity index (χ0v) is 8.03. The fourth-order valence-electron chi connectivity index (χ4n) is 1.07. The molecular formula is C9H15N3O. The molecule has 1 atom stereocenters. The van der Waals surface area contributed by atoms with Gasteiger partial charge in [-0.2, -0.15) is 5.10 Å². The van der Waals surface area contributed by atoms with Crippen LogP contribution in [0.1, 0.15) is 30.1 Å². The highest BCUT2D eigenvalue weighted by Crippen LogP contribution is 2.04. The highest BCUT2D eigenvalue weighted by Gasteiger charge is 2.08. The Hall–Kier alpha value is -1.16. The highest BCUT2D eigenvalue weighted by molar-refractivity contribution is 5.95. The first-order valence-corrected chi connectivity index (χ1v) is 4.37. The molecule has 72 valence electrons. The first-order chi connectivity index (χ1) is 6.09. The van der Waals surface area contributed by atoms with Gasteiger partial charge in [-0.15, -0.1) is 0 Å². The van der Waals surface area contributed by atoms with Gasteiger partial charge in [-0.25, -0.2) is 0 Å². The van der Waals surface area contributed by atoms with Gasteiger partial charge >= 0.3 is 0 Å². The minimum absolute atomic E-state index is 0.0839. The number of aromatic nitrogens is 2. The Bertz CT molecular complexity index is 291. The van der Waals surface area contributed by atoms with Gasteiger partial charge in [0.2, 0.25) is 0 Å². The van der Waals surface area contributed by atoms with Gasteiger partial charge in [0.1, 0.15) is 0 Å². The Kier molecular flexibility index (Phi) is 3.19. The molecule has 0 saturated carbocycles. The summed E-state index contributed by atoms with van der Waals surface area (Å²) in [5.41, 5.74) is 6.22. The maximum absolute atomic E-state index is 11.5. The van der Waals surface area contributed by atoms with Gasteiger partial charge in [-0.3, -0.25) is 9.48 Å². The second kappa shape index (κ2) is 4.18. The van der Waals surface area contributed by atoms with Crippen LogP contribution in [-0.4, -0.2) is 21.6 Å². The Morgan fingerprint density at radius 1 is 1.77 bits per heavy atom. The Morgan fingerprint density at radius 2 is 2.46 bits per heavy atom. The molecule has 0 spiro atoms. The number of Topliss-reactive ketones (excluding diaryl/α,β-unsaturated/α-hetero) is 1. The van der Waals surface area contributed by atoms with E-state index in [1.807, 2.05) is 6.92 Å². The lowest BCUT2D eigenvalue weighted by atomic mass is 10.1. The molecule has 1 aromatic rings. The van der Waals surface area contributed by atoms with E-state index in [4.69, 9.17) is 5.73 Å². The zero-order valence-electron chi connectivity index (χ0n) is 8.03. The minimum Gasteiger partial charge on any atom is -0.328 e. The SMILES string of the molecule is CC(N)CCC(=O)c1cnn(C)c1. The van der Waals surface area contributed by atoms with E-state index in [2.05, 4.69) is 5.10 Å². The number of rotatable bonds is 4. The van der Waals surface area contributed by atoms with Crippen LogP contribution < -0.4 is 5.73 Å². The van der Waals surface area contributed by atoms with Crippen LogP contribution in [0.15, 0.2) is 12.4 Å². The molecule has 1 heterocycles. The summed E-state index contributed by atoms with van der Waals surface area (Å²) in [6.07, 6.45) is 4.55. The lowest BCUT2D eigenvalue weighted by Gasteiger charge is -2.01. The van der Waals surface area contributed by atoms with E-state index in [0.717, 1.165) is 6.42 Å². The molecule has 1 aromatic heterocycles. The van der Waals surface area contributed by atoms with Gasteiger partial charge in [0.25, 0.3) is 0 Å². The Morgan fingerprint density at radius 3 is 2.92 bits per heavy atom. The number of carbonyl (C=O) groups is 1. The maximum atomic E-state index is 11.5. The molecule has 4 nitrogen and oxygen atoms in total. The number of nitrogens with zero attached hydrogens (tertiary/aromatic N) is 2. The molecule has 4 heteroatoms. The molecule has 0 radical (unpaired) electrons. The van der Waals surface area contributed by atoms with E-state index in [1.165, 1.54) is 0 Å². The third-order valence-electron chi connectivity index (χ3n) is 1.85. The quantitative estimate of drug-likeness (QED) is 0.696. The van der Waals surface area contributed by atoms with Crippen LogP contribution >= 0.6 is 0 Å². The summed E-state index contributed by atoms with van der Waals surface area (Å²) < 4.78 is 1.62. The molecule has 0 aliphatic carbocycles. The predicted molar refractivity (Wildman–Crippen MR) is 50.4 cm³/mol. The zero-order chi connectivity index (χ0) is 9.84. The van der Waals surface area contributed by atoms with Crippen molar-refractivity contribution in [2.45, 2.75) is 25.8 Å². The summed E-state index contributed by atoms with van der Waals surface area (Å²) in [6.45, 7) is 1.90. The van der Waals surface area contributed by atoms with Crippen molar-refractivity contribution in [1.82, 2.24) is 9.78 Å². The summed E-state index contributed by atoms with van der Waals surface area (Å²) in [4.78, 5) is 11.5. The summed E-state index contributed by atoms with van der Waals surface area (Å²) in [6, 6.07) is 0.0839. The van der Waals surface area contributed by atoms with Crippen molar-refractivity contribution in [3.05, 3.63) is 18.0 Å². The second-order valence-corrected chi connectivity index (χ2v) is 3.34. The van der Waals surface area contributed by atoms with E-state index in [-0.39, 0.29) is 11.8 Å². The van der Waals surface area contributed by atoms with Crippen molar-refractivity contribution in [3.63, 3.8) is 0 Å². The van der Waals surface area contributed by atoms with E-state index in [1.54, 1.807) is 24.1 Å². The molecule has 1 unspecified atom stereocenters. The second-order valence-electron chi connectivity index (χ2n) is 3.34. The normalized spacial score (nSPS) is 12.8. The minimum atomic E-state index is 0.0839. The van der Waals surface area contributed by atoms with Gasteiger partial charge in [-0.05, 0) is 13.3 Å². The molecular weight excluding hydrogens is 166 g/mol. The average Bonchev–Trinajstić information content (AvgIpc) is 2.47. The summed E-state index contributed by atoms with van der Waals surface area (Å²) in [5.74, 6) is 0.116. The number of hydrogen-bond donors (Lipinski definition) is 1. The highest BCUT2D eigenvalue weighted by atomic mass is 16.1. The number of carbonyl (C=O) groups excluding carboxylic acids is 1.